The second-order valence-corrected chi connectivity index (χ2v) is 22.4. The molecular formula is C65H68N2S2. The van der Waals surface area contributed by atoms with Gasteiger partial charge in [0.25, 0.3) is 0 Å². The zero-order valence-corrected chi connectivity index (χ0v) is 42.6. The summed E-state index contributed by atoms with van der Waals surface area (Å²) >= 11 is 3.85. The summed E-state index contributed by atoms with van der Waals surface area (Å²) in [5.74, 6) is 0. The van der Waals surface area contributed by atoms with Crippen LogP contribution < -0.4 is 9.80 Å². The van der Waals surface area contributed by atoms with Crippen LogP contribution in [-0.4, -0.2) is 0 Å². The topological polar surface area (TPSA) is 6.48 Å². The average Bonchev–Trinajstić information content (AvgIpc) is 4.11. The van der Waals surface area contributed by atoms with Gasteiger partial charge in [-0.2, -0.15) is 0 Å². The number of fused-ring (bicyclic) bond motifs is 5. The van der Waals surface area contributed by atoms with Gasteiger partial charge in [0, 0.05) is 37.9 Å². The van der Waals surface area contributed by atoms with E-state index in [1.807, 2.05) is 22.7 Å². The summed E-state index contributed by atoms with van der Waals surface area (Å²) in [6, 6.07) is 61.1. The second-order valence-electron chi connectivity index (χ2n) is 20.1. The first-order valence-corrected chi connectivity index (χ1v) is 28.1. The molecule has 0 saturated carbocycles. The minimum absolute atomic E-state index is 0.112. The molecule has 0 amide bonds. The molecule has 69 heavy (non-hydrogen) atoms. The first-order valence-electron chi connectivity index (χ1n) is 26.5. The van der Waals surface area contributed by atoms with Crippen molar-refractivity contribution in [2.75, 3.05) is 9.80 Å². The molecule has 0 atom stereocenters. The minimum atomic E-state index is -0.112. The summed E-state index contributed by atoms with van der Waals surface area (Å²) in [7, 11) is 0. The number of rotatable bonds is 22. The number of hydrogen-bond donors (Lipinski definition) is 0. The first kappa shape index (κ1) is 45.7. The molecule has 0 aliphatic heterocycles. The van der Waals surface area contributed by atoms with Crippen molar-refractivity contribution in [1.82, 2.24) is 0 Å². The van der Waals surface area contributed by atoms with Crippen LogP contribution in [0.5, 0.6) is 0 Å². The van der Waals surface area contributed by atoms with Crippen molar-refractivity contribution < 1.29 is 0 Å². The predicted molar refractivity (Wildman–Crippen MR) is 298 cm³/mol. The third kappa shape index (κ3) is 9.52. The van der Waals surface area contributed by atoms with Crippen molar-refractivity contribution in [2.45, 2.75) is 135 Å². The Hall–Kier alpha value is -5.68. The van der Waals surface area contributed by atoms with Gasteiger partial charge in [0.15, 0.2) is 0 Å². The van der Waals surface area contributed by atoms with Crippen molar-refractivity contribution >= 4 is 55.4 Å². The van der Waals surface area contributed by atoms with Crippen molar-refractivity contribution in [2.24, 2.45) is 0 Å². The Kier molecular flexibility index (Phi) is 13.7. The fourth-order valence-electron chi connectivity index (χ4n) is 11.8. The van der Waals surface area contributed by atoms with Crippen LogP contribution in [0.1, 0.15) is 132 Å². The molecule has 4 heteroatoms. The van der Waals surface area contributed by atoms with E-state index in [4.69, 9.17) is 0 Å². The number of para-hydroxylation sites is 2. The van der Waals surface area contributed by atoms with E-state index in [1.54, 1.807) is 22.3 Å². The van der Waals surface area contributed by atoms with Crippen LogP contribution in [0.3, 0.4) is 0 Å². The van der Waals surface area contributed by atoms with Crippen molar-refractivity contribution in [1.29, 1.82) is 0 Å². The molecule has 0 fully saturated rings. The van der Waals surface area contributed by atoms with Crippen LogP contribution >= 0.6 is 22.7 Å². The van der Waals surface area contributed by atoms with Gasteiger partial charge >= 0.3 is 0 Å². The molecule has 2 heterocycles. The highest BCUT2D eigenvalue weighted by molar-refractivity contribution is 7.16. The lowest BCUT2D eigenvalue weighted by atomic mass is 9.70. The zero-order valence-electron chi connectivity index (χ0n) is 40.9. The highest BCUT2D eigenvalue weighted by Gasteiger charge is 2.43. The lowest BCUT2D eigenvalue weighted by Crippen LogP contribution is -2.26. The molecule has 0 radical (unpaired) electrons. The van der Waals surface area contributed by atoms with Crippen LogP contribution in [0.4, 0.5) is 32.8 Å². The third-order valence-corrected chi connectivity index (χ3v) is 18.2. The van der Waals surface area contributed by atoms with Crippen LogP contribution in [0.2, 0.25) is 0 Å². The van der Waals surface area contributed by atoms with E-state index in [9.17, 15) is 0 Å². The Morgan fingerprint density at radius 3 is 1.22 bits per heavy atom. The maximum Gasteiger partial charge on any atom is 0.100 e. The van der Waals surface area contributed by atoms with E-state index in [0.717, 1.165) is 25.7 Å². The third-order valence-electron chi connectivity index (χ3n) is 15.8. The molecule has 3 aliphatic carbocycles. The van der Waals surface area contributed by atoms with E-state index in [1.165, 1.54) is 166 Å². The minimum Gasteiger partial charge on any atom is -0.302 e. The second kappa shape index (κ2) is 20.7. The van der Waals surface area contributed by atoms with Gasteiger partial charge in [-0.3, -0.25) is 0 Å². The predicted octanol–water partition coefficient (Wildman–Crippen LogP) is 18.7. The van der Waals surface area contributed by atoms with Crippen molar-refractivity contribution in [3.8, 4) is 11.1 Å². The van der Waals surface area contributed by atoms with Gasteiger partial charge in [-0.1, -0.05) is 137 Å². The van der Waals surface area contributed by atoms with Crippen LogP contribution in [0, 0.1) is 0 Å². The van der Waals surface area contributed by atoms with Gasteiger partial charge < -0.3 is 9.80 Å². The molecule has 2 aromatic heterocycles. The van der Waals surface area contributed by atoms with Gasteiger partial charge in [0.1, 0.15) is 10.0 Å². The fourth-order valence-corrected chi connectivity index (χ4v) is 13.7. The molecule has 3 aliphatic rings. The SMILES string of the molecule is CCc1ccc(N(c2ccccc2)c2ccc3c(c2)C(CCCCCCc2ccc4c(c2)CC4)(CCCCCCc2ccc4c(c2)CC4)c2cc(N(c4ccccc4)c4ccc(CC)s4)ccc2-3)s1. The standard InChI is InChI=1S/C65H68N2S2/c1-3-57-35-39-63(68-57)66(53-21-13-9-14-22-53)55-33-37-59-60-38-34-56(67(54-23-15-10-16-24-54)64-40-36-58(4-2)69-64)46-62(60)65(61(59)45-55,41-17-7-5-11-19-47-25-27-49-29-31-51(49)43-47)42-18-8-6-12-20-48-26-28-50-30-32-52(50)44-48/h9-10,13-16,21-28,33-40,43-46H,3-8,11-12,17-20,29-32,41-42H2,1-2H3. The smallest absolute Gasteiger partial charge is 0.100 e. The molecule has 6 aromatic carbocycles. The Balaban J connectivity index is 0.963. The summed E-state index contributed by atoms with van der Waals surface area (Å²) in [5, 5.41) is 2.56. The molecule has 0 unspecified atom stereocenters. The molecule has 0 saturated heterocycles. The van der Waals surface area contributed by atoms with Crippen LogP contribution in [-0.2, 0) is 56.8 Å². The van der Waals surface area contributed by atoms with E-state index in [-0.39, 0.29) is 5.41 Å². The zero-order chi connectivity index (χ0) is 46.6. The Morgan fingerprint density at radius 1 is 0.391 bits per heavy atom. The molecule has 0 bridgehead atoms. The number of hydrogen-bond acceptors (Lipinski definition) is 4. The number of nitrogens with zero attached hydrogens (tertiary/aromatic N) is 2. The van der Waals surface area contributed by atoms with Crippen molar-refractivity contribution in [3.63, 3.8) is 0 Å². The first-order chi connectivity index (χ1) is 34.1. The van der Waals surface area contributed by atoms with Gasteiger partial charge in [0.05, 0.1) is 0 Å². The van der Waals surface area contributed by atoms with E-state index in [2.05, 4.69) is 181 Å². The van der Waals surface area contributed by atoms with E-state index < -0.39 is 0 Å². The van der Waals surface area contributed by atoms with Gasteiger partial charge in [0.2, 0.25) is 0 Å². The summed E-state index contributed by atoms with van der Waals surface area (Å²) in [5.41, 5.74) is 20.1. The molecule has 0 spiro atoms. The summed E-state index contributed by atoms with van der Waals surface area (Å²) in [6.07, 6.45) is 21.9. The van der Waals surface area contributed by atoms with E-state index >= 15 is 0 Å². The summed E-state index contributed by atoms with van der Waals surface area (Å²) in [6.45, 7) is 4.55. The number of benzene rings is 6. The number of aryl methyl sites for hydroxylation is 8. The highest BCUT2D eigenvalue weighted by Crippen LogP contribution is 2.57. The molecule has 0 N–H and O–H groups in total. The van der Waals surface area contributed by atoms with Crippen LogP contribution in [0.15, 0.2) is 158 Å². The van der Waals surface area contributed by atoms with Crippen LogP contribution in [0.25, 0.3) is 11.1 Å². The molecular weight excluding hydrogens is 873 g/mol. The lowest BCUT2D eigenvalue weighted by molar-refractivity contribution is 0.399. The summed E-state index contributed by atoms with van der Waals surface area (Å²) < 4.78 is 0. The fraction of sp³-hybridized carbons (Fsp3) is 0.323. The number of thiophene rings is 2. The normalized spacial score (nSPS) is 13.8. The number of unbranched alkanes of at least 4 members (excludes halogenated alkanes) is 6. The number of anilines is 6. The van der Waals surface area contributed by atoms with E-state index in [0.29, 0.717) is 0 Å². The van der Waals surface area contributed by atoms with Gasteiger partial charge in [-0.05, 0) is 205 Å². The molecule has 350 valence electrons. The maximum absolute atomic E-state index is 2.63. The summed E-state index contributed by atoms with van der Waals surface area (Å²) in [4.78, 5) is 7.89. The van der Waals surface area contributed by atoms with Gasteiger partial charge in [-0.25, -0.2) is 0 Å². The quantitative estimate of drug-likeness (QED) is 0.0625. The molecule has 11 rings (SSSR count). The molecule has 8 aromatic rings. The van der Waals surface area contributed by atoms with Gasteiger partial charge in [-0.15, -0.1) is 22.7 Å². The maximum atomic E-state index is 2.63. The largest absolute Gasteiger partial charge is 0.302 e. The monoisotopic (exact) mass is 940 g/mol. The average molecular weight is 941 g/mol. The lowest BCUT2D eigenvalue weighted by Gasteiger charge is -2.35. The molecule has 2 nitrogen and oxygen atoms in total. The Bertz CT molecular complexity index is 2810. The highest BCUT2D eigenvalue weighted by atomic mass is 32.1. The Labute approximate surface area is 420 Å². The Morgan fingerprint density at radius 2 is 0.826 bits per heavy atom. The van der Waals surface area contributed by atoms with Crippen molar-refractivity contribution in [3.05, 3.63) is 212 Å².